The van der Waals surface area contributed by atoms with Crippen LogP contribution in [0.1, 0.15) is 40.7 Å². The predicted octanol–water partition coefficient (Wildman–Crippen LogP) is 5.18. The Balaban J connectivity index is 1.92. The highest BCUT2D eigenvalue weighted by Gasteiger charge is 2.36. The average Bonchev–Trinajstić information content (AvgIpc) is 2.88. The first kappa shape index (κ1) is 25.4. The van der Waals surface area contributed by atoms with Crippen LogP contribution in [-0.4, -0.2) is 31.7 Å². The summed E-state index contributed by atoms with van der Waals surface area (Å²) >= 11 is 0. The third-order valence-electron chi connectivity index (χ3n) is 6.17. The normalized spacial score (nSPS) is 14.8. The second-order valence-electron chi connectivity index (χ2n) is 8.45. The largest absolute Gasteiger partial charge is 0.417 e. The fourth-order valence-electron chi connectivity index (χ4n) is 4.40. The van der Waals surface area contributed by atoms with Crippen LogP contribution in [0.3, 0.4) is 0 Å². The van der Waals surface area contributed by atoms with Crippen LogP contribution in [-0.2, 0) is 16.2 Å². The maximum atomic E-state index is 14.1. The molecule has 3 aromatic rings. The molecule has 1 heterocycles. The molecule has 0 unspecified atom stereocenters. The van der Waals surface area contributed by atoms with Gasteiger partial charge in [0.2, 0.25) is 15.9 Å². The number of amides is 1. The summed E-state index contributed by atoms with van der Waals surface area (Å²) in [7, 11) is -3.76. The molecule has 0 aromatic heterocycles. The van der Waals surface area contributed by atoms with E-state index < -0.39 is 27.7 Å². The Labute approximate surface area is 206 Å². The number of nitrogens with zero attached hydrogens (tertiary/aromatic N) is 2. The van der Waals surface area contributed by atoms with Gasteiger partial charge in [0.1, 0.15) is 0 Å². The molecule has 36 heavy (non-hydrogen) atoms. The lowest BCUT2D eigenvalue weighted by atomic mass is 9.86. The van der Waals surface area contributed by atoms with Gasteiger partial charge in [-0.3, -0.25) is 4.79 Å². The van der Waals surface area contributed by atoms with Crippen molar-refractivity contribution in [1.29, 1.82) is 5.26 Å². The topological polar surface area (TPSA) is 104 Å². The Morgan fingerprint density at radius 2 is 1.42 bits per heavy atom. The van der Waals surface area contributed by atoms with Crippen molar-refractivity contribution in [1.82, 2.24) is 4.31 Å². The molecule has 0 atom stereocenters. The molecule has 1 aliphatic heterocycles. The Kier molecular flexibility index (Phi) is 6.89. The van der Waals surface area contributed by atoms with E-state index in [2.05, 4.69) is 0 Å². The van der Waals surface area contributed by atoms with Crippen LogP contribution in [0.25, 0.3) is 22.3 Å². The molecule has 10 heteroatoms. The van der Waals surface area contributed by atoms with Gasteiger partial charge in [-0.1, -0.05) is 30.7 Å². The van der Waals surface area contributed by atoms with E-state index in [0.29, 0.717) is 13.1 Å². The Morgan fingerprint density at radius 1 is 0.861 bits per heavy atom. The molecular formula is C26H22F3N3O3S. The van der Waals surface area contributed by atoms with Gasteiger partial charge < -0.3 is 5.73 Å². The van der Waals surface area contributed by atoms with Crippen molar-refractivity contribution in [2.45, 2.75) is 30.3 Å². The summed E-state index contributed by atoms with van der Waals surface area (Å²) in [6, 6.07) is 14.6. The molecule has 0 radical (unpaired) electrons. The fraction of sp³-hybridized carbons (Fsp3) is 0.231. The first-order valence-corrected chi connectivity index (χ1v) is 12.6. The highest BCUT2D eigenvalue weighted by atomic mass is 32.2. The molecule has 1 fully saturated rings. The number of primary amides is 1. The van der Waals surface area contributed by atoms with Gasteiger partial charge in [-0.2, -0.15) is 22.7 Å². The minimum absolute atomic E-state index is 0.0145. The number of piperidine rings is 1. The van der Waals surface area contributed by atoms with E-state index in [1.165, 1.54) is 52.8 Å². The van der Waals surface area contributed by atoms with Gasteiger partial charge >= 0.3 is 6.18 Å². The molecule has 2 N–H and O–H groups in total. The minimum atomic E-state index is -4.76. The Hall–Kier alpha value is -3.68. The maximum Gasteiger partial charge on any atom is 0.417 e. The molecule has 0 saturated carbocycles. The first-order valence-electron chi connectivity index (χ1n) is 11.2. The van der Waals surface area contributed by atoms with E-state index in [1.807, 2.05) is 6.07 Å². The number of rotatable bonds is 5. The Morgan fingerprint density at radius 3 is 1.94 bits per heavy atom. The number of nitrogens with two attached hydrogens (primary N) is 1. The van der Waals surface area contributed by atoms with Crippen molar-refractivity contribution in [2.24, 2.45) is 5.73 Å². The van der Waals surface area contributed by atoms with E-state index in [-0.39, 0.29) is 38.3 Å². The maximum absolute atomic E-state index is 14.1. The van der Waals surface area contributed by atoms with Gasteiger partial charge in [0.15, 0.2) is 0 Å². The second kappa shape index (κ2) is 9.76. The number of nitriles is 1. The molecular weight excluding hydrogens is 491 g/mol. The number of carbonyl (C=O) groups excluding carboxylic acids is 1. The van der Waals surface area contributed by atoms with Crippen LogP contribution in [0, 0.1) is 11.3 Å². The molecule has 0 spiro atoms. The zero-order chi connectivity index (χ0) is 26.1. The number of alkyl halides is 3. The zero-order valence-electron chi connectivity index (χ0n) is 19.0. The predicted molar refractivity (Wildman–Crippen MR) is 128 cm³/mol. The van der Waals surface area contributed by atoms with Gasteiger partial charge in [-0.05, 0) is 60.4 Å². The van der Waals surface area contributed by atoms with E-state index in [4.69, 9.17) is 11.0 Å². The van der Waals surface area contributed by atoms with Crippen LogP contribution in [0.2, 0.25) is 0 Å². The summed E-state index contributed by atoms with van der Waals surface area (Å²) in [6.45, 7) is 0.818. The van der Waals surface area contributed by atoms with Crippen LogP contribution < -0.4 is 5.73 Å². The molecule has 6 nitrogen and oxygen atoms in total. The lowest BCUT2D eigenvalue weighted by Gasteiger charge is -2.26. The summed E-state index contributed by atoms with van der Waals surface area (Å²) in [5.74, 6) is -0.932. The van der Waals surface area contributed by atoms with Crippen LogP contribution in [0.15, 0.2) is 65.6 Å². The highest BCUT2D eigenvalue weighted by molar-refractivity contribution is 7.89. The lowest BCUT2D eigenvalue weighted by Crippen LogP contribution is -2.35. The standard InChI is InChI=1S/C26H22F3N3O3S/c27-26(28,29)22-13-12-21(25(31)33)23(24(22)19-6-4-17(16-30)5-7-19)18-8-10-20(11-9-18)36(34,35)32-14-2-1-3-15-32/h4-13H,1-3,14-15H2,(H2,31,33). The van der Waals surface area contributed by atoms with E-state index >= 15 is 0 Å². The van der Waals surface area contributed by atoms with Crippen molar-refractivity contribution >= 4 is 15.9 Å². The van der Waals surface area contributed by atoms with E-state index in [1.54, 1.807) is 0 Å². The SMILES string of the molecule is N#Cc1ccc(-c2c(C(F)(F)F)ccc(C(N)=O)c2-c2ccc(S(=O)(=O)N3CCCCC3)cc2)cc1. The van der Waals surface area contributed by atoms with Crippen LogP contribution >= 0.6 is 0 Å². The molecule has 0 bridgehead atoms. The molecule has 1 saturated heterocycles. The van der Waals surface area contributed by atoms with Gasteiger partial charge in [-0.15, -0.1) is 0 Å². The number of carbonyl (C=O) groups is 1. The van der Waals surface area contributed by atoms with E-state index in [9.17, 15) is 26.4 Å². The lowest BCUT2D eigenvalue weighted by molar-refractivity contribution is -0.137. The summed E-state index contributed by atoms with van der Waals surface area (Å²) in [5, 5.41) is 9.07. The molecule has 4 rings (SSSR count). The fourth-order valence-corrected chi connectivity index (χ4v) is 5.92. The smallest absolute Gasteiger partial charge is 0.366 e. The number of hydrogen-bond donors (Lipinski definition) is 1. The first-order chi connectivity index (χ1) is 17.0. The summed E-state index contributed by atoms with van der Waals surface area (Å²) < 4.78 is 69.7. The number of hydrogen-bond acceptors (Lipinski definition) is 4. The molecule has 186 valence electrons. The highest BCUT2D eigenvalue weighted by Crippen LogP contribution is 2.44. The average molecular weight is 514 g/mol. The monoisotopic (exact) mass is 513 g/mol. The van der Waals surface area contributed by atoms with Crippen molar-refractivity contribution in [3.05, 3.63) is 77.4 Å². The molecule has 1 amide bonds. The van der Waals surface area contributed by atoms with Crippen molar-refractivity contribution in [3.8, 4) is 28.3 Å². The quantitative estimate of drug-likeness (QED) is 0.507. The van der Waals surface area contributed by atoms with Crippen molar-refractivity contribution in [3.63, 3.8) is 0 Å². The molecule has 0 aliphatic carbocycles. The Bertz CT molecular complexity index is 1440. The zero-order valence-corrected chi connectivity index (χ0v) is 19.9. The van der Waals surface area contributed by atoms with Crippen LogP contribution in [0.5, 0.6) is 0 Å². The third kappa shape index (κ3) is 4.85. The van der Waals surface area contributed by atoms with Crippen molar-refractivity contribution < 1.29 is 26.4 Å². The minimum Gasteiger partial charge on any atom is -0.366 e. The summed E-state index contributed by atoms with van der Waals surface area (Å²) in [4.78, 5) is 12.3. The van der Waals surface area contributed by atoms with Gasteiger partial charge in [0, 0.05) is 29.8 Å². The van der Waals surface area contributed by atoms with Gasteiger partial charge in [0.05, 0.1) is 22.1 Å². The molecule has 3 aromatic carbocycles. The van der Waals surface area contributed by atoms with Crippen molar-refractivity contribution in [2.75, 3.05) is 13.1 Å². The molecule has 1 aliphatic rings. The third-order valence-corrected chi connectivity index (χ3v) is 8.09. The number of halogens is 3. The number of benzene rings is 3. The summed E-state index contributed by atoms with van der Waals surface area (Å²) in [6.07, 6.45) is -2.28. The van der Waals surface area contributed by atoms with Crippen LogP contribution in [0.4, 0.5) is 13.2 Å². The van der Waals surface area contributed by atoms with Gasteiger partial charge in [0.25, 0.3) is 0 Å². The summed E-state index contributed by atoms with van der Waals surface area (Å²) in [5.41, 5.74) is 4.64. The second-order valence-corrected chi connectivity index (χ2v) is 10.4. The number of sulfonamides is 1. The van der Waals surface area contributed by atoms with E-state index in [0.717, 1.165) is 31.4 Å². The van der Waals surface area contributed by atoms with Gasteiger partial charge in [-0.25, -0.2) is 8.42 Å².